The van der Waals surface area contributed by atoms with Gasteiger partial charge in [-0.15, -0.1) is 0 Å². The third-order valence-electron chi connectivity index (χ3n) is 4.33. The van der Waals surface area contributed by atoms with Gasteiger partial charge in [-0.2, -0.15) is 0 Å². The lowest BCUT2D eigenvalue weighted by molar-refractivity contribution is 0.102. The van der Waals surface area contributed by atoms with Gasteiger partial charge in [-0.3, -0.25) is 4.79 Å². The molecule has 1 N–H and O–H groups in total. The van der Waals surface area contributed by atoms with Crippen molar-refractivity contribution in [2.75, 3.05) is 5.32 Å². The molecule has 1 aliphatic heterocycles. The molecule has 0 aliphatic carbocycles. The van der Waals surface area contributed by atoms with E-state index in [4.69, 9.17) is 11.6 Å². The number of imidazole rings is 1. The molecular formula is C19H15ClFN3O. The number of hydrogen-bond acceptors (Lipinski definition) is 2. The quantitative estimate of drug-likeness (QED) is 0.749. The number of aryl methyl sites for hydroxylation is 1. The number of carbonyl (C=O) groups excluding carboxylic acids is 1. The van der Waals surface area contributed by atoms with Crippen LogP contribution in [0, 0.1) is 5.82 Å². The minimum Gasteiger partial charge on any atom is -0.328 e. The molecular weight excluding hydrogens is 341 g/mol. The maximum atomic E-state index is 13.1. The molecule has 126 valence electrons. The molecule has 4 rings (SSSR count). The van der Waals surface area contributed by atoms with Crippen LogP contribution in [0.5, 0.6) is 0 Å². The van der Waals surface area contributed by atoms with E-state index in [2.05, 4.69) is 14.9 Å². The molecule has 2 heterocycles. The fraction of sp³-hybridized carbons (Fsp3) is 0.158. The van der Waals surface area contributed by atoms with E-state index in [1.807, 2.05) is 30.5 Å². The van der Waals surface area contributed by atoms with Crippen LogP contribution in [0.15, 0.2) is 48.7 Å². The predicted octanol–water partition coefficient (Wildman–Crippen LogP) is 4.54. The van der Waals surface area contributed by atoms with Crippen molar-refractivity contribution in [1.29, 1.82) is 0 Å². The van der Waals surface area contributed by atoms with E-state index >= 15 is 0 Å². The van der Waals surface area contributed by atoms with Crippen molar-refractivity contribution >= 4 is 23.2 Å². The molecule has 0 bridgehead atoms. The normalized spacial score (nSPS) is 12.9. The first-order valence-electron chi connectivity index (χ1n) is 8.03. The van der Waals surface area contributed by atoms with Gasteiger partial charge in [-0.1, -0.05) is 23.7 Å². The van der Waals surface area contributed by atoms with Crippen LogP contribution in [0.3, 0.4) is 0 Å². The number of fused-ring (bicyclic) bond motifs is 1. The highest BCUT2D eigenvalue weighted by Crippen LogP contribution is 2.27. The Bertz CT molecular complexity index is 950. The van der Waals surface area contributed by atoms with Gasteiger partial charge in [0.25, 0.3) is 5.91 Å². The van der Waals surface area contributed by atoms with Gasteiger partial charge >= 0.3 is 0 Å². The zero-order valence-corrected chi connectivity index (χ0v) is 14.1. The summed E-state index contributed by atoms with van der Waals surface area (Å²) < 4.78 is 15.3. The van der Waals surface area contributed by atoms with Gasteiger partial charge in [0.15, 0.2) is 0 Å². The van der Waals surface area contributed by atoms with Crippen molar-refractivity contribution in [3.05, 3.63) is 70.9 Å². The van der Waals surface area contributed by atoms with Crippen LogP contribution in [0.2, 0.25) is 5.02 Å². The van der Waals surface area contributed by atoms with Gasteiger partial charge in [0.2, 0.25) is 0 Å². The van der Waals surface area contributed by atoms with Gasteiger partial charge in [0, 0.05) is 18.7 Å². The number of rotatable bonds is 3. The standard InChI is InChI=1S/C19H15ClFN3O/c20-16-10-13(21)5-8-15(16)19(25)23-14-6-3-12(4-7-14)17-11-22-18-2-1-9-24(17)18/h3-8,10-11H,1-2,9H2,(H,23,25). The zero-order chi connectivity index (χ0) is 17.4. The van der Waals surface area contributed by atoms with E-state index in [0.29, 0.717) is 5.69 Å². The fourth-order valence-corrected chi connectivity index (χ4v) is 3.34. The SMILES string of the molecule is O=C(Nc1ccc(-c2cnc3n2CCC3)cc1)c1ccc(F)cc1Cl. The molecule has 0 spiro atoms. The zero-order valence-electron chi connectivity index (χ0n) is 13.3. The lowest BCUT2D eigenvalue weighted by Crippen LogP contribution is -2.12. The number of benzene rings is 2. The Morgan fingerprint density at radius 2 is 2.00 bits per heavy atom. The number of nitrogens with zero attached hydrogens (tertiary/aromatic N) is 2. The number of nitrogens with one attached hydrogen (secondary N) is 1. The molecule has 4 nitrogen and oxygen atoms in total. The number of aromatic nitrogens is 2. The highest BCUT2D eigenvalue weighted by atomic mass is 35.5. The van der Waals surface area contributed by atoms with E-state index in [9.17, 15) is 9.18 Å². The van der Waals surface area contributed by atoms with Crippen LogP contribution in [0.1, 0.15) is 22.6 Å². The van der Waals surface area contributed by atoms with Crippen molar-refractivity contribution < 1.29 is 9.18 Å². The summed E-state index contributed by atoms with van der Waals surface area (Å²) in [6, 6.07) is 11.3. The van der Waals surface area contributed by atoms with Crippen molar-refractivity contribution in [2.24, 2.45) is 0 Å². The molecule has 25 heavy (non-hydrogen) atoms. The summed E-state index contributed by atoms with van der Waals surface area (Å²) in [5.41, 5.74) is 3.03. The van der Waals surface area contributed by atoms with Crippen LogP contribution >= 0.6 is 11.6 Å². The second-order valence-corrected chi connectivity index (χ2v) is 6.38. The second kappa shape index (κ2) is 6.33. The predicted molar refractivity (Wildman–Crippen MR) is 95.3 cm³/mol. The maximum absolute atomic E-state index is 13.1. The van der Waals surface area contributed by atoms with Gasteiger partial charge in [0.05, 0.1) is 22.5 Å². The number of amides is 1. The lowest BCUT2D eigenvalue weighted by Gasteiger charge is -2.09. The number of anilines is 1. The molecule has 0 unspecified atom stereocenters. The monoisotopic (exact) mass is 355 g/mol. The summed E-state index contributed by atoms with van der Waals surface area (Å²) in [6.07, 6.45) is 4.04. The van der Waals surface area contributed by atoms with Crippen LogP contribution in [-0.2, 0) is 13.0 Å². The molecule has 2 aromatic carbocycles. The Kier molecular flexibility index (Phi) is 4.01. The van der Waals surface area contributed by atoms with Crippen LogP contribution in [0.4, 0.5) is 10.1 Å². The molecule has 0 atom stereocenters. The molecule has 1 amide bonds. The van der Waals surface area contributed by atoms with Crippen molar-refractivity contribution in [3.63, 3.8) is 0 Å². The first-order chi connectivity index (χ1) is 12.1. The number of carbonyl (C=O) groups is 1. The second-order valence-electron chi connectivity index (χ2n) is 5.97. The van der Waals surface area contributed by atoms with Crippen molar-refractivity contribution in [3.8, 4) is 11.3 Å². The van der Waals surface area contributed by atoms with Crippen LogP contribution in [-0.4, -0.2) is 15.5 Å². The first-order valence-corrected chi connectivity index (χ1v) is 8.41. The Balaban J connectivity index is 1.53. The Morgan fingerprint density at radius 3 is 2.76 bits per heavy atom. The Morgan fingerprint density at radius 1 is 1.20 bits per heavy atom. The Labute approximate surface area is 149 Å². The summed E-state index contributed by atoms with van der Waals surface area (Å²) in [6.45, 7) is 0.992. The third-order valence-corrected chi connectivity index (χ3v) is 4.65. The van der Waals surface area contributed by atoms with Crippen molar-refractivity contribution in [2.45, 2.75) is 19.4 Å². The molecule has 6 heteroatoms. The molecule has 1 aliphatic rings. The third kappa shape index (κ3) is 3.03. The molecule has 0 saturated carbocycles. The number of hydrogen-bond donors (Lipinski definition) is 1. The smallest absolute Gasteiger partial charge is 0.257 e. The van der Waals surface area contributed by atoms with Gasteiger partial charge in [-0.25, -0.2) is 9.37 Å². The van der Waals surface area contributed by atoms with Crippen LogP contribution < -0.4 is 5.32 Å². The summed E-state index contributed by atoms with van der Waals surface area (Å²) in [5, 5.41) is 2.86. The average Bonchev–Trinajstić information content (AvgIpc) is 3.19. The average molecular weight is 356 g/mol. The first kappa shape index (κ1) is 15.8. The summed E-state index contributed by atoms with van der Waals surface area (Å²) in [4.78, 5) is 16.7. The molecule has 1 aromatic heterocycles. The van der Waals surface area contributed by atoms with E-state index in [-0.39, 0.29) is 16.5 Å². The Hall–Kier alpha value is -2.66. The minimum absolute atomic E-state index is 0.0870. The summed E-state index contributed by atoms with van der Waals surface area (Å²) >= 11 is 5.93. The number of halogens is 2. The van der Waals surface area contributed by atoms with Crippen LogP contribution in [0.25, 0.3) is 11.3 Å². The fourth-order valence-electron chi connectivity index (χ4n) is 3.09. The van der Waals surface area contributed by atoms with Gasteiger partial charge < -0.3 is 9.88 Å². The van der Waals surface area contributed by atoms with Gasteiger partial charge in [0.1, 0.15) is 11.6 Å². The molecule has 0 radical (unpaired) electrons. The summed E-state index contributed by atoms with van der Waals surface area (Å²) in [5.74, 6) is 0.278. The van der Waals surface area contributed by atoms with E-state index < -0.39 is 5.82 Å². The summed E-state index contributed by atoms with van der Waals surface area (Å²) in [7, 11) is 0. The topological polar surface area (TPSA) is 46.9 Å². The van der Waals surface area contributed by atoms with Gasteiger partial charge in [-0.05, 0) is 42.3 Å². The lowest BCUT2D eigenvalue weighted by atomic mass is 10.1. The highest BCUT2D eigenvalue weighted by molar-refractivity contribution is 6.34. The molecule has 0 fully saturated rings. The van der Waals surface area contributed by atoms with Crippen molar-refractivity contribution in [1.82, 2.24) is 9.55 Å². The van der Waals surface area contributed by atoms with E-state index in [0.717, 1.165) is 42.5 Å². The highest BCUT2D eigenvalue weighted by Gasteiger charge is 2.16. The minimum atomic E-state index is -0.473. The maximum Gasteiger partial charge on any atom is 0.257 e. The van der Waals surface area contributed by atoms with E-state index in [1.165, 1.54) is 12.1 Å². The molecule has 0 saturated heterocycles. The van der Waals surface area contributed by atoms with E-state index in [1.54, 1.807) is 0 Å². The molecule has 3 aromatic rings. The largest absolute Gasteiger partial charge is 0.328 e.